The molecule has 0 fully saturated rings. The van der Waals surface area contributed by atoms with Crippen LogP contribution in [0.15, 0.2) is 30.7 Å². The number of hydrogen-bond acceptors (Lipinski definition) is 4. The van der Waals surface area contributed by atoms with Crippen molar-refractivity contribution in [3.05, 3.63) is 35.9 Å². The van der Waals surface area contributed by atoms with E-state index in [2.05, 4.69) is 15.0 Å². The number of pyridine rings is 1. The molecule has 2 aromatic heterocycles. The number of halogens is 1. The van der Waals surface area contributed by atoms with Gasteiger partial charge in [0.05, 0.1) is 30.3 Å². The van der Waals surface area contributed by atoms with Gasteiger partial charge in [0.2, 0.25) is 5.88 Å². The highest BCUT2D eigenvalue weighted by atomic mass is 35.5. The molecule has 0 radical (unpaired) electrons. The van der Waals surface area contributed by atoms with Crippen LogP contribution in [0.1, 0.15) is 6.92 Å². The first kappa shape index (κ1) is 10.8. The zero-order chi connectivity index (χ0) is 11.4. The molecule has 0 aliphatic carbocycles. The summed E-state index contributed by atoms with van der Waals surface area (Å²) in [6, 6.07) is 3.71. The summed E-state index contributed by atoms with van der Waals surface area (Å²) in [6.07, 6.45) is 4.78. The van der Waals surface area contributed by atoms with Crippen LogP contribution >= 0.6 is 11.6 Å². The summed E-state index contributed by atoms with van der Waals surface area (Å²) < 4.78 is 5.41. The molecule has 0 bridgehead atoms. The van der Waals surface area contributed by atoms with E-state index in [1.807, 2.05) is 19.1 Å². The third kappa shape index (κ3) is 2.28. The normalized spacial score (nSPS) is 10.1. The second-order valence-electron chi connectivity index (χ2n) is 3.01. The van der Waals surface area contributed by atoms with E-state index >= 15 is 0 Å². The van der Waals surface area contributed by atoms with Crippen LogP contribution < -0.4 is 4.74 Å². The Kier molecular flexibility index (Phi) is 3.31. The Morgan fingerprint density at radius 1 is 1.25 bits per heavy atom. The minimum Gasteiger partial charge on any atom is -0.477 e. The Bertz CT molecular complexity index is 473. The number of aromatic nitrogens is 3. The molecular weight excluding hydrogens is 226 g/mol. The fourth-order valence-electron chi connectivity index (χ4n) is 1.29. The van der Waals surface area contributed by atoms with Gasteiger partial charge >= 0.3 is 0 Å². The van der Waals surface area contributed by atoms with E-state index in [-0.39, 0.29) is 0 Å². The van der Waals surface area contributed by atoms with Crippen LogP contribution in [-0.2, 0) is 0 Å². The molecule has 2 heterocycles. The fourth-order valence-corrected chi connectivity index (χ4v) is 1.39. The Labute approximate surface area is 98.3 Å². The molecule has 0 aliphatic rings. The predicted octanol–water partition coefficient (Wildman–Crippen LogP) is 2.59. The number of ether oxygens (including phenoxy) is 1. The summed E-state index contributed by atoms with van der Waals surface area (Å²) in [5.41, 5.74) is 1.51. The van der Waals surface area contributed by atoms with Crippen LogP contribution in [0.3, 0.4) is 0 Å². The molecule has 82 valence electrons. The predicted molar refractivity (Wildman–Crippen MR) is 61.4 cm³/mol. The minimum absolute atomic E-state index is 0.366. The van der Waals surface area contributed by atoms with Gasteiger partial charge in [-0.15, -0.1) is 0 Å². The van der Waals surface area contributed by atoms with E-state index < -0.39 is 0 Å². The van der Waals surface area contributed by atoms with Crippen LogP contribution in [0, 0.1) is 0 Å². The van der Waals surface area contributed by atoms with Crippen molar-refractivity contribution in [3.63, 3.8) is 0 Å². The molecule has 0 aliphatic heterocycles. The monoisotopic (exact) mass is 235 g/mol. The summed E-state index contributed by atoms with van der Waals surface area (Å²) in [5.74, 6) is 0.557. The molecule has 5 heteroatoms. The average Bonchev–Trinajstić information content (AvgIpc) is 2.32. The van der Waals surface area contributed by atoms with Crippen LogP contribution in [-0.4, -0.2) is 21.6 Å². The first-order valence-electron chi connectivity index (χ1n) is 4.87. The van der Waals surface area contributed by atoms with E-state index in [9.17, 15) is 0 Å². The third-order valence-electron chi connectivity index (χ3n) is 1.95. The van der Waals surface area contributed by atoms with Crippen molar-refractivity contribution < 1.29 is 4.74 Å². The molecule has 0 saturated heterocycles. The first-order chi connectivity index (χ1) is 7.81. The molecule has 0 spiro atoms. The Balaban J connectivity index is 2.42. The minimum atomic E-state index is 0.366. The molecular formula is C11H10ClN3O. The highest BCUT2D eigenvalue weighted by Gasteiger charge is 2.08. The molecule has 2 aromatic rings. The van der Waals surface area contributed by atoms with Gasteiger partial charge in [-0.1, -0.05) is 11.6 Å². The fraction of sp³-hybridized carbons (Fsp3) is 0.182. The van der Waals surface area contributed by atoms with Crippen molar-refractivity contribution in [1.29, 1.82) is 0 Å². The highest BCUT2D eigenvalue weighted by molar-refractivity contribution is 6.29. The van der Waals surface area contributed by atoms with Gasteiger partial charge in [0.1, 0.15) is 5.15 Å². The first-order valence-corrected chi connectivity index (χ1v) is 5.24. The van der Waals surface area contributed by atoms with Gasteiger partial charge in [-0.2, -0.15) is 0 Å². The van der Waals surface area contributed by atoms with Gasteiger partial charge in [-0.05, 0) is 19.1 Å². The molecule has 0 unspecified atom stereocenters. The Morgan fingerprint density at radius 3 is 2.81 bits per heavy atom. The molecule has 0 atom stereocenters. The molecule has 4 nitrogen and oxygen atoms in total. The van der Waals surface area contributed by atoms with Crippen molar-refractivity contribution >= 4 is 11.6 Å². The molecule has 0 N–H and O–H groups in total. The van der Waals surface area contributed by atoms with Gasteiger partial charge in [0.15, 0.2) is 0 Å². The third-order valence-corrected chi connectivity index (χ3v) is 2.14. The topological polar surface area (TPSA) is 47.9 Å². The maximum absolute atomic E-state index is 5.68. The molecule has 16 heavy (non-hydrogen) atoms. The van der Waals surface area contributed by atoms with Gasteiger partial charge < -0.3 is 4.74 Å². The lowest BCUT2D eigenvalue weighted by atomic mass is 10.2. The Hall–Kier alpha value is -1.68. The van der Waals surface area contributed by atoms with E-state index in [1.54, 1.807) is 12.4 Å². The maximum atomic E-state index is 5.68. The van der Waals surface area contributed by atoms with Crippen molar-refractivity contribution in [2.45, 2.75) is 6.92 Å². The second kappa shape index (κ2) is 4.90. The van der Waals surface area contributed by atoms with Crippen LogP contribution in [0.4, 0.5) is 0 Å². The zero-order valence-corrected chi connectivity index (χ0v) is 9.48. The summed E-state index contributed by atoms with van der Waals surface area (Å²) in [6.45, 7) is 2.47. The van der Waals surface area contributed by atoms with Crippen molar-refractivity contribution in [2.24, 2.45) is 0 Å². The SMILES string of the molecule is CCOc1ncccc1-c1cnc(Cl)cn1. The maximum Gasteiger partial charge on any atom is 0.222 e. The average molecular weight is 236 g/mol. The number of rotatable bonds is 3. The quantitative estimate of drug-likeness (QED) is 0.821. The van der Waals surface area contributed by atoms with Crippen molar-refractivity contribution in [1.82, 2.24) is 15.0 Å². The molecule has 2 rings (SSSR count). The number of nitrogens with zero attached hydrogens (tertiary/aromatic N) is 3. The Morgan fingerprint density at radius 2 is 2.12 bits per heavy atom. The zero-order valence-electron chi connectivity index (χ0n) is 8.72. The highest BCUT2D eigenvalue weighted by Crippen LogP contribution is 2.25. The lowest BCUT2D eigenvalue weighted by Gasteiger charge is -2.07. The van der Waals surface area contributed by atoms with Gasteiger partial charge in [0, 0.05) is 6.20 Å². The largest absolute Gasteiger partial charge is 0.477 e. The summed E-state index contributed by atoms with van der Waals surface area (Å²) in [4.78, 5) is 12.3. The van der Waals surface area contributed by atoms with Gasteiger partial charge in [0.25, 0.3) is 0 Å². The van der Waals surface area contributed by atoms with Crippen LogP contribution in [0.25, 0.3) is 11.3 Å². The van der Waals surface area contributed by atoms with E-state index in [4.69, 9.17) is 16.3 Å². The standard InChI is InChI=1S/C11H10ClN3O/c1-2-16-11-8(4-3-5-13-11)9-6-15-10(12)7-14-9/h3-7H,2H2,1H3. The van der Waals surface area contributed by atoms with E-state index in [0.29, 0.717) is 23.3 Å². The number of hydrogen-bond donors (Lipinski definition) is 0. The van der Waals surface area contributed by atoms with Gasteiger partial charge in [-0.25, -0.2) is 9.97 Å². The summed E-state index contributed by atoms with van der Waals surface area (Å²) in [5, 5.41) is 0.366. The van der Waals surface area contributed by atoms with Crippen LogP contribution in [0.2, 0.25) is 5.15 Å². The molecule has 0 aromatic carbocycles. The van der Waals surface area contributed by atoms with E-state index in [0.717, 1.165) is 5.56 Å². The molecule has 0 saturated carbocycles. The lowest BCUT2D eigenvalue weighted by molar-refractivity contribution is 0.328. The van der Waals surface area contributed by atoms with Crippen LogP contribution in [0.5, 0.6) is 5.88 Å². The van der Waals surface area contributed by atoms with Crippen molar-refractivity contribution in [2.75, 3.05) is 6.61 Å². The summed E-state index contributed by atoms with van der Waals surface area (Å²) in [7, 11) is 0. The smallest absolute Gasteiger partial charge is 0.222 e. The lowest BCUT2D eigenvalue weighted by Crippen LogP contribution is -1.97. The van der Waals surface area contributed by atoms with Gasteiger partial charge in [-0.3, -0.25) is 4.98 Å². The van der Waals surface area contributed by atoms with Crippen molar-refractivity contribution in [3.8, 4) is 17.1 Å². The second-order valence-corrected chi connectivity index (χ2v) is 3.40. The molecule has 0 amide bonds. The summed E-state index contributed by atoms with van der Waals surface area (Å²) >= 11 is 5.68. The van der Waals surface area contributed by atoms with E-state index in [1.165, 1.54) is 6.20 Å².